The van der Waals surface area contributed by atoms with Crippen molar-refractivity contribution in [3.63, 3.8) is 0 Å². The van der Waals surface area contributed by atoms with E-state index in [-0.39, 0.29) is 11.7 Å². The number of nitrogens with zero attached hydrogens (tertiary/aromatic N) is 3. The molecule has 3 N–H and O–H groups in total. The van der Waals surface area contributed by atoms with E-state index < -0.39 is 21.5 Å². The van der Waals surface area contributed by atoms with Crippen LogP contribution in [0.25, 0.3) is 0 Å². The quantitative estimate of drug-likeness (QED) is 0.767. The first-order chi connectivity index (χ1) is 10.8. The minimum Gasteiger partial charge on any atom is -0.342 e. The molecule has 1 saturated carbocycles. The number of thiophene rings is 1. The van der Waals surface area contributed by atoms with Crippen LogP contribution in [-0.2, 0) is 15.5 Å². The van der Waals surface area contributed by atoms with Crippen LogP contribution in [0.4, 0.5) is 0 Å². The number of nitrogens with one attached hydrogen (secondary N) is 1. The average Bonchev–Trinajstić information content (AvgIpc) is 2.95. The Morgan fingerprint density at radius 2 is 2.30 bits per heavy atom. The number of aromatic nitrogens is 3. The summed E-state index contributed by atoms with van der Waals surface area (Å²) in [6.45, 7) is 0. The zero-order valence-electron chi connectivity index (χ0n) is 12.5. The lowest BCUT2D eigenvalue weighted by Gasteiger charge is -2.15. The molecule has 124 valence electrons. The van der Waals surface area contributed by atoms with Gasteiger partial charge in [-0.2, -0.15) is 11.3 Å². The number of rotatable bonds is 6. The van der Waals surface area contributed by atoms with E-state index >= 15 is 0 Å². The zero-order chi connectivity index (χ0) is 16.7. The van der Waals surface area contributed by atoms with Crippen molar-refractivity contribution in [3.05, 3.63) is 34.3 Å². The van der Waals surface area contributed by atoms with Gasteiger partial charge >= 0.3 is 0 Å². The van der Waals surface area contributed by atoms with Gasteiger partial charge in [-0.25, -0.2) is 13.1 Å². The van der Waals surface area contributed by atoms with Gasteiger partial charge in [-0.1, -0.05) is 5.21 Å². The van der Waals surface area contributed by atoms with Gasteiger partial charge in [-0.15, -0.1) is 5.10 Å². The third-order valence-electron chi connectivity index (χ3n) is 3.64. The molecule has 1 amide bonds. The molecule has 3 rings (SSSR count). The normalized spacial score (nSPS) is 17.7. The highest BCUT2D eigenvalue weighted by Crippen LogP contribution is 2.36. The first-order valence-electron chi connectivity index (χ1n) is 6.99. The smallest absolute Gasteiger partial charge is 0.252 e. The minimum atomic E-state index is -3.32. The minimum absolute atomic E-state index is 0.251. The van der Waals surface area contributed by atoms with Crippen molar-refractivity contribution in [2.75, 3.05) is 12.0 Å². The van der Waals surface area contributed by atoms with Crippen molar-refractivity contribution in [2.24, 2.45) is 5.73 Å². The van der Waals surface area contributed by atoms with Crippen molar-refractivity contribution < 1.29 is 13.2 Å². The maximum Gasteiger partial charge on any atom is 0.252 e. The summed E-state index contributed by atoms with van der Waals surface area (Å²) in [6.07, 6.45) is 4.32. The van der Waals surface area contributed by atoms with E-state index in [9.17, 15) is 13.2 Å². The highest BCUT2D eigenvalue weighted by Gasteiger charge is 2.42. The van der Waals surface area contributed by atoms with Crippen molar-refractivity contribution in [1.82, 2.24) is 20.3 Å². The fraction of sp³-hybridized carbons (Fsp3) is 0.462. The molecule has 0 aromatic carbocycles. The van der Waals surface area contributed by atoms with Crippen LogP contribution in [0.5, 0.6) is 0 Å². The molecule has 10 heteroatoms. The first-order valence-corrected chi connectivity index (χ1v) is 10.00. The lowest BCUT2D eigenvalue weighted by atomic mass is 10.2. The second-order valence-electron chi connectivity index (χ2n) is 5.82. The van der Waals surface area contributed by atoms with E-state index in [1.807, 2.05) is 0 Å². The zero-order valence-corrected chi connectivity index (χ0v) is 14.1. The molecule has 0 saturated heterocycles. The average molecular weight is 355 g/mol. The van der Waals surface area contributed by atoms with Gasteiger partial charge in [0.25, 0.3) is 5.91 Å². The van der Waals surface area contributed by atoms with Gasteiger partial charge in [0.15, 0.2) is 0 Å². The summed E-state index contributed by atoms with van der Waals surface area (Å²) in [5, 5.41) is 14.2. The Kier molecular flexibility index (Phi) is 3.98. The third-order valence-corrected chi connectivity index (χ3v) is 5.27. The molecule has 0 aliphatic heterocycles. The molecule has 1 aliphatic carbocycles. The van der Waals surface area contributed by atoms with E-state index in [1.54, 1.807) is 23.0 Å². The molecule has 23 heavy (non-hydrogen) atoms. The van der Waals surface area contributed by atoms with Crippen molar-refractivity contribution in [2.45, 2.75) is 24.5 Å². The van der Waals surface area contributed by atoms with Gasteiger partial charge in [0.2, 0.25) is 0 Å². The Bertz CT molecular complexity index is 809. The number of sulfone groups is 1. The van der Waals surface area contributed by atoms with Crippen LogP contribution in [0.15, 0.2) is 23.0 Å². The van der Waals surface area contributed by atoms with E-state index in [0.717, 1.165) is 19.1 Å². The molecule has 2 heterocycles. The molecule has 0 radical (unpaired) electrons. The van der Waals surface area contributed by atoms with E-state index in [4.69, 9.17) is 5.73 Å². The van der Waals surface area contributed by atoms with E-state index in [2.05, 4.69) is 15.6 Å². The maximum absolute atomic E-state index is 12.2. The van der Waals surface area contributed by atoms with E-state index in [0.29, 0.717) is 11.3 Å². The van der Waals surface area contributed by atoms with Crippen LogP contribution >= 0.6 is 11.3 Å². The molecule has 1 fully saturated rings. The van der Waals surface area contributed by atoms with Crippen LogP contribution in [0, 0.1) is 0 Å². The second-order valence-corrected chi connectivity index (χ2v) is 8.79. The van der Waals surface area contributed by atoms with Gasteiger partial charge in [-0.05, 0) is 24.3 Å². The summed E-state index contributed by atoms with van der Waals surface area (Å²) in [5.41, 5.74) is 6.38. The monoisotopic (exact) mass is 355 g/mol. The van der Waals surface area contributed by atoms with Crippen LogP contribution in [0.3, 0.4) is 0 Å². The highest BCUT2D eigenvalue weighted by atomic mass is 32.2. The number of hydrogen-bond donors (Lipinski definition) is 2. The Morgan fingerprint density at radius 3 is 2.87 bits per heavy atom. The molecule has 2 aromatic heterocycles. The highest BCUT2D eigenvalue weighted by molar-refractivity contribution is 7.90. The molecule has 0 unspecified atom stereocenters. The summed E-state index contributed by atoms with van der Waals surface area (Å²) in [7, 11) is -3.32. The topological polar surface area (TPSA) is 120 Å². The lowest BCUT2D eigenvalue weighted by Crippen LogP contribution is -2.33. The Hall–Kier alpha value is -1.78. The molecule has 0 spiro atoms. The predicted molar refractivity (Wildman–Crippen MR) is 85.7 cm³/mol. The molecule has 8 nitrogen and oxygen atoms in total. The van der Waals surface area contributed by atoms with Crippen LogP contribution in [0.2, 0.25) is 0 Å². The molecule has 0 bridgehead atoms. The number of nitrogens with two attached hydrogens (primary N) is 1. The van der Waals surface area contributed by atoms with Crippen LogP contribution in [0.1, 0.15) is 34.9 Å². The molecular formula is C13H17N5O3S2. The van der Waals surface area contributed by atoms with Crippen molar-refractivity contribution in [3.8, 4) is 0 Å². The summed E-state index contributed by atoms with van der Waals surface area (Å²) in [5.74, 6) is -0.595. The molecule has 1 aliphatic rings. The van der Waals surface area contributed by atoms with Crippen molar-refractivity contribution >= 4 is 27.1 Å². The van der Waals surface area contributed by atoms with Gasteiger partial charge < -0.3 is 11.1 Å². The Morgan fingerprint density at radius 1 is 1.57 bits per heavy atom. The molecule has 2 aromatic rings. The number of carbonyl (C=O) groups excluding carboxylic acids is 1. The van der Waals surface area contributed by atoms with Gasteiger partial charge in [-0.3, -0.25) is 4.79 Å². The number of hydrogen-bond acceptors (Lipinski definition) is 7. The summed E-state index contributed by atoms with van der Waals surface area (Å²) < 4.78 is 24.9. The SMILES string of the molecule is CS(=O)(=O)C[C@H](NC(=O)c1ccsc1)c1cn(C2(N)CC2)nn1. The van der Waals surface area contributed by atoms with Gasteiger partial charge in [0.05, 0.1) is 23.6 Å². The number of amides is 1. The summed E-state index contributed by atoms with van der Waals surface area (Å²) in [4.78, 5) is 12.2. The molecular weight excluding hydrogens is 338 g/mol. The standard InChI is InChI=1S/C13H17N5O3S2/c1-23(20,21)8-11(15-12(19)9-2-5-22-7-9)10-6-18(17-16-10)13(14)3-4-13/h2,5-7,11H,3-4,8,14H2,1H3,(H,15,19)/t11-/m0/s1. The lowest BCUT2D eigenvalue weighted by molar-refractivity contribution is 0.0940. The second kappa shape index (κ2) is 5.69. The van der Waals surface area contributed by atoms with Crippen molar-refractivity contribution in [1.29, 1.82) is 0 Å². The maximum atomic E-state index is 12.2. The van der Waals surface area contributed by atoms with Crippen LogP contribution < -0.4 is 11.1 Å². The third kappa shape index (κ3) is 3.77. The largest absolute Gasteiger partial charge is 0.342 e. The number of carbonyl (C=O) groups is 1. The van der Waals surface area contributed by atoms with Gasteiger partial charge in [0, 0.05) is 11.6 Å². The fourth-order valence-electron chi connectivity index (χ4n) is 2.15. The Labute approximate surface area is 137 Å². The first kappa shape index (κ1) is 16.1. The predicted octanol–water partition coefficient (Wildman–Crippen LogP) is 0.261. The Balaban J connectivity index is 1.83. The van der Waals surface area contributed by atoms with Gasteiger partial charge in [0.1, 0.15) is 21.2 Å². The van der Waals surface area contributed by atoms with Crippen LogP contribution in [-0.4, -0.2) is 41.3 Å². The molecule has 1 atom stereocenters. The fourth-order valence-corrected chi connectivity index (χ4v) is 3.65. The van der Waals surface area contributed by atoms with E-state index in [1.165, 1.54) is 16.0 Å². The summed E-state index contributed by atoms with van der Waals surface area (Å²) in [6, 6.07) is 0.904. The summed E-state index contributed by atoms with van der Waals surface area (Å²) >= 11 is 1.39.